The van der Waals surface area contributed by atoms with Crippen LogP contribution in [0.2, 0.25) is 0 Å². The first kappa shape index (κ1) is 15.0. The number of rotatable bonds is 5. The van der Waals surface area contributed by atoms with Crippen molar-refractivity contribution in [1.29, 1.82) is 0 Å². The molecular weight excluding hydrogens is 224 g/mol. The summed E-state index contributed by atoms with van der Waals surface area (Å²) in [6, 6.07) is 4.06. The van der Waals surface area contributed by atoms with E-state index in [1.807, 2.05) is 12.3 Å². The molecule has 0 amide bonds. The molecule has 0 saturated carbocycles. The van der Waals surface area contributed by atoms with Gasteiger partial charge in [0.05, 0.1) is 6.10 Å². The fourth-order valence-corrected chi connectivity index (χ4v) is 1.79. The Kier molecular flexibility index (Phi) is 5.15. The summed E-state index contributed by atoms with van der Waals surface area (Å²) in [6.45, 7) is 11.3. The van der Waals surface area contributed by atoms with Crippen LogP contribution in [0.15, 0.2) is 18.3 Å². The summed E-state index contributed by atoms with van der Waals surface area (Å²) in [5.74, 6) is 1.34. The van der Waals surface area contributed by atoms with Crippen molar-refractivity contribution < 1.29 is 5.11 Å². The normalized spacial score (nSPS) is 13.7. The lowest BCUT2D eigenvalue weighted by molar-refractivity contribution is 0.161. The molecule has 102 valence electrons. The van der Waals surface area contributed by atoms with Gasteiger partial charge in [-0.3, -0.25) is 0 Å². The quantitative estimate of drug-likeness (QED) is 0.843. The Morgan fingerprint density at radius 3 is 2.39 bits per heavy atom. The molecule has 0 saturated heterocycles. The van der Waals surface area contributed by atoms with Crippen molar-refractivity contribution >= 4 is 5.82 Å². The first-order valence-corrected chi connectivity index (χ1v) is 6.67. The summed E-state index contributed by atoms with van der Waals surface area (Å²) >= 11 is 0. The zero-order chi connectivity index (χ0) is 13.8. The summed E-state index contributed by atoms with van der Waals surface area (Å²) in [4.78, 5) is 4.37. The molecule has 0 fully saturated rings. The average Bonchev–Trinajstić information content (AvgIpc) is 2.25. The number of anilines is 1. The monoisotopic (exact) mass is 250 g/mol. The van der Waals surface area contributed by atoms with Crippen LogP contribution in [0.5, 0.6) is 0 Å². The Hall–Kier alpha value is -1.09. The highest BCUT2D eigenvalue weighted by Gasteiger charge is 2.13. The topological polar surface area (TPSA) is 45.1 Å². The maximum Gasteiger partial charge on any atom is 0.125 e. The van der Waals surface area contributed by atoms with Crippen LogP contribution in [0.25, 0.3) is 0 Å². The van der Waals surface area contributed by atoms with Gasteiger partial charge in [-0.25, -0.2) is 4.98 Å². The third-order valence-corrected chi connectivity index (χ3v) is 2.89. The number of aromatic nitrogens is 1. The molecule has 0 aliphatic rings. The molecule has 0 aliphatic carbocycles. The molecule has 2 N–H and O–H groups in total. The molecule has 0 aromatic carbocycles. The predicted octanol–water partition coefficient (Wildman–Crippen LogP) is 3.20. The molecule has 1 atom stereocenters. The highest BCUT2D eigenvalue weighted by Crippen LogP contribution is 2.21. The molecule has 3 heteroatoms. The van der Waals surface area contributed by atoms with E-state index in [0.29, 0.717) is 12.5 Å². The first-order chi connectivity index (χ1) is 8.29. The molecule has 0 spiro atoms. The molecule has 18 heavy (non-hydrogen) atoms. The van der Waals surface area contributed by atoms with E-state index in [2.05, 4.69) is 51.0 Å². The van der Waals surface area contributed by atoms with Gasteiger partial charge in [0.25, 0.3) is 0 Å². The van der Waals surface area contributed by atoms with Gasteiger partial charge >= 0.3 is 0 Å². The van der Waals surface area contributed by atoms with Crippen LogP contribution in [0.1, 0.15) is 46.6 Å². The van der Waals surface area contributed by atoms with E-state index in [9.17, 15) is 5.11 Å². The van der Waals surface area contributed by atoms with E-state index in [0.717, 1.165) is 12.2 Å². The summed E-state index contributed by atoms with van der Waals surface area (Å²) in [5, 5.41) is 12.9. The second-order valence-corrected chi connectivity index (χ2v) is 6.35. The van der Waals surface area contributed by atoms with Crippen LogP contribution in [0.3, 0.4) is 0 Å². The molecule has 1 rings (SSSR count). The van der Waals surface area contributed by atoms with Gasteiger partial charge in [-0.1, -0.05) is 40.7 Å². The van der Waals surface area contributed by atoms with Crippen LogP contribution in [-0.2, 0) is 5.41 Å². The lowest BCUT2D eigenvalue weighted by Crippen LogP contribution is -2.21. The van der Waals surface area contributed by atoms with E-state index in [4.69, 9.17) is 0 Å². The Labute approximate surface area is 111 Å². The van der Waals surface area contributed by atoms with Gasteiger partial charge in [0.15, 0.2) is 0 Å². The minimum absolute atomic E-state index is 0.128. The SMILES string of the molecule is CC(C)CC(O)CNc1ccc(C(C)(C)C)cn1. The molecular formula is C15H26N2O. The Balaban J connectivity index is 2.49. The van der Waals surface area contributed by atoms with Gasteiger partial charge in [-0.15, -0.1) is 0 Å². The van der Waals surface area contributed by atoms with E-state index in [-0.39, 0.29) is 11.5 Å². The molecule has 0 radical (unpaired) electrons. The lowest BCUT2D eigenvalue weighted by Gasteiger charge is -2.19. The standard InChI is InChI=1S/C15H26N2O/c1-11(2)8-13(18)10-17-14-7-6-12(9-16-14)15(3,4)5/h6-7,9,11,13,18H,8,10H2,1-5H3,(H,16,17). The minimum Gasteiger partial charge on any atom is -0.391 e. The van der Waals surface area contributed by atoms with Gasteiger partial charge in [-0.05, 0) is 29.4 Å². The fourth-order valence-electron chi connectivity index (χ4n) is 1.79. The van der Waals surface area contributed by atoms with Crippen LogP contribution in [0.4, 0.5) is 5.82 Å². The number of nitrogens with zero attached hydrogens (tertiary/aromatic N) is 1. The van der Waals surface area contributed by atoms with E-state index in [1.165, 1.54) is 5.56 Å². The number of aliphatic hydroxyl groups is 1. The highest BCUT2D eigenvalue weighted by molar-refractivity contribution is 5.37. The number of hydrogen-bond donors (Lipinski definition) is 2. The van der Waals surface area contributed by atoms with Crippen LogP contribution in [0, 0.1) is 5.92 Å². The third-order valence-electron chi connectivity index (χ3n) is 2.89. The second kappa shape index (κ2) is 6.19. The van der Waals surface area contributed by atoms with Crippen molar-refractivity contribution in [2.45, 2.75) is 52.6 Å². The van der Waals surface area contributed by atoms with Crippen molar-refractivity contribution in [1.82, 2.24) is 4.98 Å². The van der Waals surface area contributed by atoms with Gasteiger partial charge in [-0.2, -0.15) is 0 Å². The number of aliphatic hydroxyl groups excluding tert-OH is 1. The van der Waals surface area contributed by atoms with Gasteiger partial charge in [0.2, 0.25) is 0 Å². The maximum atomic E-state index is 9.77. The Bertz CT molecular complexity index is 352. The van der Waals surface area contributed by atoms with Crippen molar-refractivity contribution in [2.24, 2.45) is 5.92 Å². The summed E-state index contributed by atoms with van der Waals surface area (Å²) in [7, 11) is 0. The van der Waals surface area contributed by atoms with E-state index in [1.54, 1.807) is 0 Å². The predicted molar refractivity (Wildman–Crippen MR) is 76.9 cm³/mol. The molecule has 1 heterocycles. The van der Waals surface area contributed by atoms with Crippen molar-refractivity contribution in [3.63, 3.8) is 0 Å². The highest BCUT2D eigenvalue weighted by atomic mass is 16.3. The van der Waals surface area contributed by atoms with Gasteiger partial charge < -0.3 is 10.4 Å². The third kappa shape index (κ3) is 5.05. The second-order valence-electron chi connectivity index (χ2n) is 6.35. The number of nitrogens with one attached hydrogen (secondary N) is 1. The van der Waals surface area contributed by atoms with Gasteiger partial charge in [0.1, 0.15) is 5.82 Å². The zero-order valence-corrected chi connectivity index (χ0v) is 12.2. The number of hydrogen-bond acceptors (Lipinski definition) is 3. The smallest absolute Gasteiger partial charge is 0.125 e. The molecule has 1 aromatic heterocycles. The molecule has 3 nitrogen and oxygen atoms in total. The average molecular weight is 250 g/mol. The van der Waals surface area contributed by atoms with E-state index >= 15 is 0 Å². The maximum absolute atomic E-state index is 9.77. The van der Waals surface area contributed by atoms with Crippen molar-refractivity contribution in [2.75, 3.05) is 11.9 Å². The molecule has 0 bridgehead atoms. The minimum atomic E-state index is -0.311. The van der Waals surface area contributed by atoms with Crippen molar-refractivity contribution in [3.8, 4) is 0 Å². The molecule has 1 unspecified atom stereocenters. The van der Waals surface area contributed by atoms with Gasteiger partial charge in [0, 0.05) is 12.7 Å². The molecule has 1 aromatic rings. The zero-order valence-electron chi connectivity index (χ0n) is 12.2. The summed E-state index contributed by atoms with van der Waals surface area (Å²) in [6.07, 6.45) is 2.40. The summed E-state index contributed by atoms with van der Waals surface area (Å²) < 4.78 is 0. The lowest BCUT2D eigenvalue weighted by atomic mass is 9.88. The fraction of sp³-hybridized carbons (Fsp3) is 0.667. The largest absolute Gasteiger partial charge is 0.391 e. The first-order valence-electron chi connectivity index (χ1n) is 6.67. The Morgan fingerprint density at radius 1 is 1.28 bits per heavy atom. The van der Waals surface area contributed by atoms with Crippen LogP contribution < -0.4 is 5.32 Å². The summed E-state index contributed by atoms with van der Waals surface area (Å²) in [5.41, 5.74) is 1.35. The number of pyridine rings is 1. The Morgan fingerprint density at radius 2 is 1.94 bits per heavy atom. The molecule has 0 aliphatic heterocycles. The van der Waals surface area contributed by atoms with E-state index < -0.39 is 0 Å². The van der Waals surface area contributed by atoms with Crippen LogP contribution in [-0.4, -0.2) is 22.7 Å². The van der Waals surface area contributed by atoms with Crippen LogP contribution >= 0.6 is 0 Å². The van der Waals surface area contributed by atoms with Crippen molar-refractivity contribution in [3.05, 3.63) is 23.9 Å².